The summed E-state index contributed by atoms with van der Waals surface area (Å²) in [6.07, 6.45) is 0. The van der Waals surface area contributed by atoms with Crippen LogP contribution in [0.2, 0.25) is 0 Å². The molecule has 0 radical (unpaired) electrons. The summed E-state index contributed by atoms with van der Waals surface area (Å²) in [5.74, 6) is -1.46. The molecule has 0 amide bonds. The molecule has 0 saturated heterocycles. The fourth-order valence-corrected chi connectivity index (χ4v) is 1.63. The summed E-state index contributed by atoms with van der Waals surface area (Å²) in [6, 6.07) is 1.93. The Morgan fingerprint density at radius 1 is 1.35 bits per heavy atom. The second-order valence-electron chi connectivity index (χ2n) is 2.70. The zero-order valence-corrected chi connectivity index (χ0v) is 11.3. The van der Waals surface area contributed by atoms with E-state index in [1.54, 1.807) is 0 Å². The largest absolute Gasteiger partial charge is 1.00 e. The molecule has 0 aliphatic carbocycles. The van der Waals surface area contributed by atoms with Crippen molar-refractivity contribution in [2.45, 2.75) is 4.90 Å². The van der Waals surface area contributed by atoms with Crippen molar-refractivity contribution in [2.75, 3.05) is 0 Å². The summed E-state index contributed by atoms with van der Waals surface area (Å²) in [5.41, 5.74) is -1.52. The van der Waals surface area contributed by atoms with Crippen LogP contribution in [0.3, 0.4) is 0 Å². The molecule has 0 bridgehead atoms. The van der Waals surface area contributed by atoms with Crippen molar-refractivity contribution in [3.63, 3.8) is 0 Å². The first-order valence-electron chi connectivity index (χ1n) is 3.71. The summed E-state index contributed by atoms with van der Waals surface area (Å²) in [5, 5.41) is 19.0. The van der Waals surface area contributed by atoms with Gasteiger partial charge in [0.15, 0.2) is 0 Å². The van der Waals surface area contributed by atoms with Crippen molar-refractivity contribution in [3.05, 3.63) is 33.9 Å². The molecule has 17 heavy (non-hydrogen) atoms. The van der Waals surface area contributed by atoms with Gasteiger partial charge in [-0.1, -0.05) is 0 Å². The number of rotatable bonds is 3. The molecule has 0 aliphatic heterocycles. The maximum Gasteiger partial charge on any atom is 1.00 e. The number of carboxylic acid groups (broad SMARTS) is 1. The number of hydrogen-bond donors (Lipinski definition) is 1. The van der Waals surface area contributed by atoms with Gasteiger partial charge < -0.3 is 9.66 Å². The zero-order chi connectivity index (χ0) is 12.5. The van der Waals surface area contributed by atoms with Gasteiger partial charge in [0.05, 0.1) is 10.5 Å². The summed E-state index contributed by atoms with van der Waals surface area (Å²) in [7, 11) is -5.01. The average Bonchev–Trinajstić information content (AvgIpc) is 2.15. The van der Waals surface area contributed by atoms with Gasteiger partial charge in [-0.2, -0.15) is 0 Å². The maximum atomic E-state index is 10.6. The molecule has 1 aromatic rings. The van der Waals surface area contributed by atoms with Gasteiger partial charge >= 0.3 is 35.5 Å². The molecule has 0 aromatic heterocycles. The minimum Gasteiger partial charge on any atom is -0.744 e. The molecule has 0 fully saturated rings. The van der Waals surface area contributed by atoms with Crippen LogP contribution in [0.15, 0.2) is 23.1 Å². The fourth-order valence-electron chi connectivity index (χ4n) is 1.00. The Labute approximate surface area is 117 Å². The van der Waals surface area contributed by atoms with Crippen LogP contribution in [0.1, 0.15) is 10.4 Å². The second kappa shape index (κ2) is 5.56. The van der Waals surface area contributed by atoms with Crippen LogP contribution in [0, 0.1) is 10.1 Å². The van der Waals surface area contributed by atoms with Crippen LogP contribution < -0.4 is 29.6 Å². The molecule has 0 aliphatic rings. The SMILES string of the molecule is O=C(O)c1ccc(S(=O)(=O)[O-])c([N+](=O)[O-])c1.[Na+]. The molecule has 1 rings (SSSR count). The Kier molecular flexibility index (Phi) is 5.23. The van der Waals surface area contributed by atoms with Crippen molar-refractivity contribution >= 4 is 21.8 Å². The van der Waals surface area contributed by atoms with Gasteiger partial charge in [0, 0.05) is 6.07 Å². The third-order valence-corrected chi connectivity index (χ3v) is 2.56. The number of nitrogens with zero attached hydrogens (tertiary/aromatic N) is 1. The van der Waals surface area contributed by atoms with E-state index in [0.29, 0.717) is 12.1 Å². The molecular formula is C7H4NNaO7S. The number of nitro groups is 1. The van der Waals surface area contributed by atoms with E-state index < -0.39 is 37.2 Å². The van der Waals surface area contributed by atoms with Gasteiger partial charge in [-0.3, -0.25) is 10.1 Å². The Morgan fingerprint density at radius 2 is 1.88 bits per heavy atom. The monoisotopic (exact) mass is 269 g/mol. The normalized spacial score (nSPS) is 10.4. The van der Waals surface area contributed by atoms with Crippen LogP contribution >= 0.6 is 0 Å². The van der Waals surface area contributed by atoms with E-state index in [-0.39, 0.29) is 29.6 Å². The standard InChI is InChI=1S/C7H5NO7S.Na/c9-7(10)4-1-2-6(16(13,14)15)5(3-4)8(11)12;/h1-3H,(H,9,10)(H,13,14,15);/q;+1/p-1. The average molecular weight is 269 g/mol. The third-order valence-electron chi connectivity index (χ3n) is 1.67. The predicted octanol–water partition coefficient (Wildman–Crippen LogP) is -2.80. The Hall–Kier alpha value is -1.00. The zero-order valence-electron chi connectivity index (χ0n) is 8.48. The summed E-state index contributed by atoms with van der Waals surface area (Å²) in [6.45, 7) is 0. The number of nitro benzene ring substituents is 1. The van der Waals surface area contributed by atoms with Gasteiger partial charge in [0.25, 0.3) is 5.69 Å². The van der Waals surface area contributed by atoms with E-state index in [0.717, 1.165) is 6.07 Å². The Balaban J connectivity index is 0.00000256. The molecule has 0 heterocycles. The van der Waals surface area contributed by atoms with Gasteiger partial charge in [-0.05, 0) is 12.1 Å². The van der Waals surface area contributed by atoms with Crippen LogP contribution in [-0.2, 0) is 10.1 Å². The first-order chi connectivity index (χ1) is 7.23. The Bertz CT molecular complexity index is 568. The molecule has 0 unspecified atom stereocenters. The molecule has 8 nitrogen and oxygen atoms in total. The summed E-state index contributed by atoms with van der Waals surface area (Å²) in [4.78, 5) is 18.8. The number of carboxylic acids is 1. The summed E-state index contributed by atoms with van der Waals surface area (Å²) < 4.78 is 31.9. The van der Waals surface area contributed by atoms with Crippen molar-refractivity contribution in [1.29, 1.82) is 0 Å². The van der Waals surface area contributed by atoms with E-state index in [1.807, 2.05) is 0 Å². The van der Waals surface area contributed by atoms with E-state index >= 15 is 0 Å². The second-order valence-corrected chi connectivity index (χ2v) is 4.05. The molecule has 0 atom stereocenters. The minimum absolute atomic E-state index is 0. The molecule has 0 saturated carbocycles. The molecule has 0 spiro atoms. The van der Waals surface area contributed by atoms with Gasteiger partial charge in [0.2, 0.25) is 0 Å². The van der Waals surface area contributed by atoms with E-state index in [2.05, 4.69) is 0 Å². The Morgan fingerprint density at radius 3 is 2.24 bits per heavy atom. The van der Waals surface area contributed by atoms with Crippen molar-refractivity contribution in [3.8, 4) is 0 Å². The summed E-state index contributed by atoms with van der Waals surface area (Å²) >= 11 is 0. The molecule has 10 heteroatoms. The van der Waals surface area contributed by atoms with Gasteiger partial charge in [-0.25, -0.2) is 13.2 Å². The quantitative estimate of drug-likeness (QED) is 0.270. The molecule has 86 valence electrons. The topological polar surface area (TPSA) is 138 Å². The van der Waals surface area contributed by atoms with Crippen LogP contribution in [0.5, 0.6) is 0 Å². The number of benzene rings is 1. The fraction of sp³-hybridized carbons (Fsp3) is 0. The smallest absolute Gasteiger partial charge is 0.744 e. The van der Waals surface area contributed by atoms with Gasteiger partial charge in [0.1, 0.15) is 15.0 Å². The maximum absolute atomic E-state index is 10.6. The first kappa shape index (κ1) is 16.0. The van der Waals surface area contributed by atoms with Crippen LogP contribution in [0.4, 0.5) is 5.69 Å². The number of hydrogen-bond acceptors (Lipinski definition) is 6. The van der Waals surface area contributed by atoms with Crippen molar-refractivity contribution in [1.82, 2.24) is 0 Å². The molecular weight excluding hydrogens is 265 g/mol. The van der Waals surface area contributed by atoms with E-state index in [9.17, 15) is 27.9 Å². The minimum atomic E-state index is -5.01. The van der Waals surface area contributed by atoms with Gasteiger partial charge in [-0.15, -0.1) is 0 Å². The van der Waals surface area contributed by atoms with Crippen molar-refractivity contribution < 1.29 is 57.4 Å². The first-order valence-corrected chi connectivity index (χ1v) is 5.12. The van der Waals surface area contributed by atoms with Crippen LogP contribution in [-0.4, -0.2) is 29.0 Å². The number of aromatic carboxylic acids is 1. The van der Waals surface area contributed by atoms with E-state index in [1.165, 1.54) is 0 Å². The molecule has 1 N–H and O–H groups in total. The number of carbonyl (C=O) groups is 1. The molecule has 1 aromatic carbocycles. The van der Waals surface area contributed by atoms with Crippen molar-refractivity contribution in [2.24, 2.45) is 0 Å². The predicted molar refractivity (Wildman–Crippen MR) is 48.0 cm³/mol. The van der Waals surface area contributed by atoms with E-state index in [4.69, 9.17) is 5.11 Å². The third kappa shape index (κ3) is 3.75. The van der Waals surface area contributed by atoms with Crippen LogP contribution in [0.25, 0.3) is 0 Å².